The maximum absolute atomic E-state index is 12.5. The molecular formula is C23H18ClN5O2S. The summed E-state index contributed by atoms with van der Waals surface area (Å²) in [5.41, 5.74) is 2.79. The summed E-state index contributed by atoms with van der Waals surface area (Å²) in [7, 11) is 0. The van der Waals surface area contributed by atoms with Crippen molar-refractivity contribution in [2.24, 2.45) is 0 Å². The van der Waals surface area contributed by atoms with Crippen LogP contribution >= 0.6 is 22.9 Å². The molecule has 3 aromatic heterocycles. The number of halogens is 1. The van der Waals surface area contributed by atoms with E-state index in [0.29, 0.717) is 17.3 Å². The SMILES string of the molecule is CCc1nnc2sc(-c3ccc(CNC(=O)c4ccc(-c5cccc(Cl)c5)o4)cc3)nn12. The van der Waals surface area contributed by atoms with E-state index in [1.54, 1.807) is 28.8 Å². The molecule has 0 aliphatic heterocycles. The van der Waals surface area contributed by atoms with Gasteiger partial charge in [-0.3, -0.25) is 4.79 Å². The number of nitrogens with zero attached hydrogens (tertiary/aromatic N) is 4. The Balaban J connectivity index is 1.24. The van der Waals surface area contributed by atoms with Crippen LogP contribution in [0.4, 0.5) is 0 Å². The first-order valence-corrected chi connectivity index (χ1v) is 11.2. The van der Waals surface area contributed by atoms with Gasteiger partial charge in [-0.2, -0.15) is 9.61 Å². The van der Waals surface area contributed by atoms with Crippen molar-refractivity contribution in [2.45, 2.75) is 19.9 Å². The van der Waals surface area contributed by atoms with Crippen LogP contribution in [0.2, 0.25) is 5.02 Å². The van der Waals surface area contributed by atoms with Gasteiger partial charge < -0.3 is 9.73 Å². The molecule has 1 amide bonds. The lowest BCUT2D eigenvalue weighted by atomic mass is 10.1. The van der Waals surface area contributed by atoms with E-state index in [1.165, 1.54) is 11.3 Å². The van der Waals surface area contributed by atoms with Gasteiger partial charge in [0.05, 0.1) is 0 Å². The zero-order valence-corrected chi connectivity index (χ0v) is 18.7. The zero-order chi connectivity index (χ0) is 22.1. The lowest BCUT2D eigenvalue weighted by Gasteiger charge is -2.04. The average Bonchev–Trinajstić information content (AvgIpc) is 3.53. The highest BCUT2D eigenvalue weighted by molar-refractivity contribution is 7.19. The number of amides is 1. The predicted molar refractivity (Wildman–Crippen MR) is 124 cm³/mol. The molecule has 32 heavy (non-hydrogen) atoms. The second-order valence-electron chi connectivity index (χ2n) is 7.13. The van der Waals surface area contributed by atoms with Gasteiger partial charge in [0.25, 0.3) is 5.91 Å². The number of hydrogen-bond donors (Lipinski definition) is 1. The van der Waals surface area contributed by atoms with Gasteiger partial charge in [-0.15, -0.1) is 10.2 Å². The number of furan rings is 1. The van der Waals surface area contributed by atoms with Crippen LogP contribution in [0.1, 0.15) is 28.9 Å². The predicted octanol–water partition coefficient (Wildman–Crippen LogP) is 5.26. The summed E-state index contributed by atoms with van der Waals surface area (Å²) in [5.74, 6) is 1.42. The number of carbonyl (C=O) groups is 1. The molecule has 0 fully saturated rings. The highest BCUT2D eigenvalue weighted by atomic mass is 35.5. The Morgan fingerprint density at radius 3 is 2.72 bits per heavy atom. The molecule has 0 atom stereocenters. The monoisotopic (exact) mass is 463 g/mol. The Bertz CT molecular complexity index is 1400. The van der Waals surface area contributed by atoms with Crippen molar-refractivity contribution >= 4 is 33.8 Å². The van der Waals surface area contributed by atoms with E-state index < -0.39 is 0 Å². The minimum atomic E-state index is -0.275. The third-order valence-corrected chi connectivity index (χ3v) is 6.15. The molecule has 0 bridgehead atoms. The fourth-order valence-corrected chi connectivity index (χ4v) is 4.34. The maximum atomic E-state index is 12.5. The Morgan fingerprint density at radius 1 is 1.09 bits per heavy atom. The molecule has 0 unspecified atom stereocenters. The Hall–Kier alpha value is -3.49. The van der Waals surface area contributed by atoms with Gasteiger partial charge in [0, 0.05) is 29.1 Å². The van der Waals surface area contributed by atoms with Crippen LogP contribution in [0.15, 0.2) is 65.1 Å². The van der Waals surface area contributed by atoms with Crippen LogP contribution in [-0.2, 0) is 13.0 Å². The van der Waals surface area contributed by atoms with Gasteiger partial charge in [-0.1, -0.05) is 66.3 Å². The van der Waals surface area contributed by atoms with Crippen molar-refractivity contribution < 1.29 is 9.21 Å². The second kappa shape index (κ2) is 8.57. The summed E-state index contributed by atoms with van der Waals surface area (Å²) in [6.45, 7) is 2.41. The molecule has 1 N–H and O–H groups in total. The van der Waals surface area contributed by atoms with Crippen LogP contribution < -0.4 is 5.32 Å². The smallest absolute Gasteiger partial charge is 0.287 e. The van der Waals surface area contributed by atoms with Crippen molar-refractivity contribution in [2.75, 3.05) is 0 Å². The molecule has 5 rings (SSSR count). The number of aromatic nitrogens is 4. The fraction of sp³-hybridized carbons (Fsp3) is 0.130. The second-order valence-corrected chi connectivity index (χ2v) is 8.52. The molecule has 5 aromatic rings. The number of rotatable bonds is 6. The largest absolute Gasteiger partial charge is 0.451 e. The van der Waals surface area contributed by atoms with E-state index in [-0.39, 0.29) is 11.7 Å². The number of aryl methyl sites for hydroxylation is 1. The molecule has 0 spiro atoms. The summed E-state index contributed by atoms with van der Waals surface area (Å²) in [5, 5.41) is 17.3. The van der Waals surface area contributed by atoms with Crippen LogP contribution in [0.5, 0.6) is 0 Å². The van der Waals surface area contributed by atoms with E-state index in [4.69, 9.17) is 16.0 Å². The third kappa shape index (κ3) is 4.02. The van der Waals surface area contributed by atoms with Gasteiger partial charge in [0.1, 0.15) is 10.8 Å². The molecule has 2 aromatic carbocycles. The maximum Gasteiger partial charge on any atom is 0.287 e. The van der Waals surface area contributed by atoms with Gasteiger partial charge in [0.15, 0.2) is 11.6 Å². The van der Waals surface area contributed by atoms with E-state index in [9.17, 15) is 4.79 Å². The van der Waals surface area contributed by atoms with Crippen molar-refractivity contribution in [1.82, 2.24) is 25.1 Å². The molecule has 7 nitrogen and oxygen atoms in total. The highest BCUT2D eigenvalue weighted by Gasteiger charge is 2.14. The molecule has 0 aliphatic rings. The van der Waals surface area contributed by atoms with Crippen LogP contribution in [-0.4, -0.2) is 25.7 Å². The number of nitrogens with one attached hydrogen (secondary N) is 1. The zero-order valence-electron chi connectivity index (χ0n) is 17.1. The van der Waals surface area contributed by atoms with Crippen molar-refractivity contribution in [3.05, 3.63) is 82.8 Å². The first-order valence-electron chi connectivity index (χ1n) is 10.0. The fourth-order valence-electron chi connectivity index (χ4n) is 3.29. The number of benzene rings is 2. The molecular weight excluding hydrogens is 446 g/mol. The summed E-state index contributed by atoms with van der Waals surface area (Å²) >= 11 is 7.53. The molecule has 9 heteroatoms. The summed E-state index contributed by atoms with van der Waals surface area (Å²) in [4.78, 5) is 13.3. The van der Waals surface area contributed by atoms with Crippen LogP contribution in [0, 0.1) is 0 Å². The summed E-state index contributed by atoms with van der Waals surface area (Å²) in [6, 6.07) is 18.7. The minimum absolute atomic E-state index is 0.253. The van der Waals surface area contributed by atoms with Gasteiger partial charge in [0.2, 0.25) is 4.96 Å². The Morgan fingerprint density at radius 2 is 1.94 bits per heavy atom. The van der Waals surface area contributed by atoms with E-state index in [1.807, 2.05) is 43.3 Å². The first kappa shape index (κ1) is 20.4. The number of fused-ring (bicyclic) bond motifs is 1. The van der Waals surface area contributed by atoms with Gasteiger partial charge in [-0.05, 0) is 29.8 Å². The minimum Gasteiger partial charge on any atom is -0.451 e. The third-order valence-electron chi connectivity index (χ3n) is 4.96. The quantitative estimate of drug-likeness (QED) is 0.371. The van der Waals surface area contributed by atoms with Gasteiger partial charge in [-0.25, -0.2) is 0 Å². The molecule has 0 radical (unpaired) electrons. The highest BCUT2D eigenvalue weighted by Crippen LogP contribution is 2.26. The molecule has 0 saturated heterocycles. The molecule has 0 aliphatic carbocycles. The molecule has 0 saturated carbocycles. The average molecular weight is 464 g/mol. The van der Waals surface area contributed by atoms with Gasteiger partial charge >= 0.3 is 0 Å². The summed E-state index contributed by atoms with van der Waals surface area (Å²) < 4.78 is 7.49. The lowest BCUT2D eigenvalue weighted by molar-refractivity contribution is 0.0924. The summed E-state index contributed by atoms with van der Waals surface area (Å²) in [6.07, 6.45) is 0.777. The molecule has 160 valence electrons. The van der Waals surface area contributed by atoms with Crippen molar-refractivity contribution in [1.29, 1.82) is 0 Å². The molecule has 3 heterocycles. The Labute approximate surface area is 192 Å². The number of carbonyl (C=O) groups excluding carboxylic acids is 1. The van der Waals surface area contributed by atoms with Crippen LogP contribution in [0.25, 0.3) is 26.9 Å². The standard InChI is InChI=1S/C23H18ClN5O2S/c1-2-20-26-27-23-29(20)28-22(32-23)15-8-6-14(7-9-15)13-25-21(30)19-11-10-18(31-19)16-4-3-5-17(24)12-16/h3-12H,2,13H2,1H3,(H,25,30). The number of hydrogen-bond acceptors (Lipinski definition) is 6. The van der Waals surface area contributed by atoms with Crippen LogP contribution in [0.3, 0.4) is 0 Å². The lowest BCUT2D eigenvalue weighted by Crippen LogP contribution is -2.22. The topological polar surface area (TPSA) is 85.3 Å². The van der Waals surface area contributed by atoms with E-state index in [2.05, 4.69) is 20.6 Å². The van der Waals surface area contributed by atoms with E-state index in [0.717, 1.165) is 38.9 Å². The Kier molecular flexibility index (Phi) is 5.46. The van der Waals surface area contributed by atoms with Crippen molar-refractivity contribution in [3.8, 4) is 21.9 Å². The first-order chi connectivity index (χ1) is 15.6. The van der Waals surface area contributed by atoms with E-state index >= 15 is 0 Å². The normalized spacial score (nSPS) is 11.2. The van der Waals surface area contributed by atoms with Crippen molar-refractivity contribution in [3.63, 3.8) is 0 Å².